The van der Waals surface area contributed by atoms with E-state index in [2.05, 4.69) is 31.2 Å². The lowest BCUT2D eigenvalue weighted by Gasteiger charge is -2.36. The topological polar surface area (TPSA) is 0 Å². The van der Waals surface area contributed by atoms with E-state index in [9.17, 15) is 0 Å². The van der Waals surface area contributed by atoms with E-state index in [0.717, 1.165) is 6.42 Å². The highest BCUT2D eigenvalue weighted by Crippen LogP contribution is 2.44. The Labute approximate surface area is 121 Å². The lowest BCUT2D eigenvalue weighted by atomic mass is 9.73. The molecule has 0 heterocycles. The molecule has 100 valence electrons. The first kappa shape index (κ1) is 14.2. The highest BCUT2D eigenvalue weighted by atomic mass is 35.5. The Morgan fingerprint density at radius 1 is 1.17 bits per heavy atom. The van der Waals surface area contributed by atoms with Crippen LogP contribution in [0.2, 0.25) is 0 Å². The first-order chi connectivity index (χ1) is 8.70. The summed E-state index contributed by atoms with van der Waals surface area (Å²) in [6, 6.07) is 8.74. The van der Waals surface area contributed by atoms with Gasteiger partial charge in [-0.2, -0.15) is 0 Å². The molecule has 0 aromatic heterocycles. The molecule has 2 heteroatoms. The molecule has 0 saturated heterocycles. The van der Waals surface area contributed by atoms with E-state index >= 15 is 0 Å². The Kier molecular flexibility index (Phi) is 4.98. The van der Waals surface area contributed by atoms with Gasteiger partial charge in [0, 0.05) is 17.2 Å². The van der Waals surface area contributed by atoms with Crippen molar-refractivity contribution in [2.75, 3.05) is 11.8 Å². The van der Waals surface area contributed by atoms with Crippen molar-refractivity contribution in [1.82, 2.24) is 0 Å². The molecule has 1 fully saturated rings. The van der Waals surface area contributed by atoms with Gasteiger partial charge in [0.15, 0.2) is 0 Å². The summed E-state index contributed by atoms with van der Waals surface area (Å²) >= 11 is 12.6. The van der Waals surface area contributed by atoms with Crippen molar-refractivity contribution in [3.8, 4) is 0 Å². The van der Waals surface area contributed by atoms with Crippen molar-refractivity contribution in [2.45, 2.75) is 39.0 Å². The van der Waals surface area contributed by atoms with E-state index in [0.29, 0.717) is 17.7 Å². The number of benzene rings is 1. The van der Waals surface area contributed by atoms with Crippen molar-refractivity contribution in [2.24, 2.45) is 11.3 Å². The number of hydrogen-bond donors (Lipinski definition) is 0. The molecule has 2 rings (SSSR count). The molecule has 0 amide bonds. The lowest BCUT2D eigenvalue weighted by molar-refractivity contribution is 0.225. The Morgan fingerprint density at radius 2 is 1.83 bits per heavy atom. The summed E-state index contributed by atoms with van der Waals surface area (Å²) in [5, 5.41) is 0. The van der Waals surface area contributed by atoms with Crippen LogP contribution in [0, 0.1) is 18.3 Å². The third kappa shape index (κ3) is 3.03. The molecule has 0 N–H and O–H groups in total. The minimum absolute atomic E-state index is 0.0907. The number of hydrogen-bond acceptors (Lipinski definition) is 0. The molecule has 1 aliphatic rings. The highest BCUT2D eigenvalue weighted by molar-refractivity contribution is 6.21. The molecule has 1 aromatic carbocycles. The molecule has 0 unspecified atom stereocenters. The average molecular weight is 285 g/mol. The first-order valence-corrected chi connectivity index (χ1v) is 7.94. The molecule has 1 aromatic rings. The van der Waals surface area contributed by atoms with Gasteiger partial charge in [-0.15, -0.1) is 23.2 Å². The first-order valence-electron chi connectivity index (χ1n) is 6.88. The maximum Gasteiger partial charge on any atom is 0.0297 e. The summed E-state index contributed by atoms with van der Waals surface area (Å²) in [4.78, 5) is 0. The Balaban J connectivity index is 2.19. The minimum Gasteiger partial charge on any atom is -0.126 e. The van der Waals surface area contributed by atoms with Crippen LogP contribution in [0.15, 0.2) is 24.3 Å². The third-order valence-electron chi connectivity index (χ3n) is 4.39. The van der Waals surface area contributed by atoms with E-state index in [1.54, 1.807) is 0 Å². The van der Waals surface area contributed by atoms with E-state index in [1.165, 1.54) is 36.8 Å². The van der Waals surface area contributed by atoms with Gasteiger partial charge in [-0.05, 0) is 37.7 Å². The number of aryl methyl sites for hydroxylation is 1. The van der Waals surface area contributed by atoms with Crippen LogP contribution < -0.4 is 0 Å². The quantitative estimate of drug-likeness (QED) is 0.653. The highest BCUT2D eigenvalue weighted by Gasteiger charge is 2.38. The molecule has 0 aliphatic heterocycles. The molecule has 0 atom stereocenters. The van der Waals surface area contributed by atoms with Crippen molar-refractivity contribution in [1.29, 1.82) is 0 Å². The fourth-order valence-corrected chi connectivity index (χ4v) is 4.17. The van der Waals surface area contributed by atoms with Crippen LogP contribution in [-0.4, -0.2) is 11.8 Å². The smallest absolute Gasteiger partial charge is 0.0297 e. The van der Waals surface area contributed by atoms with Gasteiger partial charge >= 0.3 is 0 Å². The number of alkyl halides is 2. The summed E-state index contributed by atoms with van der Waals surface area (Å²) in [6.45, 7) is 2.14. The molecule has 0 radical (unpaired) electrons. The second-order valence-corrected chi connectivity index (χ2v) is 6.31. The van der Waals surface area contributed by atoms with Crippen molar-refractivity contribution >= 4 is 23.2 Å². The molecular weight excluding hydrogens is 263 g/mol. The van der Waals surface area contributed by atoms with Crippen molar-refractivity contribution in [3.63, 3.8) is 0 Å². The predicted octanol–water partition coefficient (Wildman–Crippen LogP) is 5.19. The minimum atomic E-state index is 0.0907. The van der Waals surface area contributed by atoms with Crippen LogP contribution in [0.4, 0.5) is 0 Å². The maximum absolute atomic E-state index is 6.31. The van der Waals surface area contributed by atoms with Crippen LogP contribution in [0.5, 0.6) is 0 Å². The van der Waals surface area contributed by atoms with Crippen LogP contribution in [0.3, 0.4) is 0 Å². The zero-order valence-electron chi connectivity index (χ0n) is 11.1. The zero-order chi connectivity index (χ0) is 13.0. The second kappa shape index (κ2) is 6.30. The van der Waals surface area contributed by atoms with Crippen LogP contribution in [0.25, 0.3) is 0 Å². The van der Waals surface area contributed by atoms with Crippen LogP contribution >= 0.6 is 23.2 Å². The summed E-state index contributed by atoms with van der Waals surface area (Å²) in [7, 11) is 0. The number of rotatable bonds is 5. The predicted molar refractivity (Wildman–Crippen MR) is 80.7 cm³/mol. The van der Waals surface area contributed by atoms with E-state index in [4.69, 9.17) is 23.2 Å². The van der Waals surface area contributed by atoms with Gasteiger partial charge in [-0.25, -0.2) is 0 Å². The van der Waals surface area contributed by atoms with E-state index < -0.39 is 0 Å². The molecule has 0 spiro atoms. The van der Waals surface area contributed by atoms with Gasteiger partial charge in [0.1, 0.15) is 0 Å². The van der Waals surface area contributed by atoms with Gasteiger partial charge in [-0.3, -0.25) is 0 Å². The summed E-state index contributed by atoms with van der Waals surface area (Å²) in [5.41, 5.74) is 2.79. The van der Waals surface area contributed by atoms with Gasteiger partial charge in [0.2, 0.25) is 0 Å². The second-order valence-electron chi connectivity index (χ2n) is 5.78. The fraction of sp³-hybridized carbons (Fsp3) is 0.625. The Hall–Kier alpha value is -0.200. The molecule has 0 bridgehead atoms. The van der Waals surface area contributed by atoms with Gasteiger partial charge in [-0.1, -0.05) is 42.7 Å². The number of halogens is 2. The maximum atomic E-state index is 6.31. The van der Waals surface area contributed by atoms with Crippen LogP contribution in [0.1, 0.15) is 36.8 Å². The molecular formula is C16H22Cl2. The molecule has 0 nitrogen and oxygen atoms in total. The average Bonchev–Trinajstić information content (AvgIpc) is 2.90. The fourth-order valence-electron chi connectivity index (χ4n) is 3.26. The van der Waals surface area contributed by atoms with Crippen molar-refractivity contribution in [3.05, 3.63) is 35.4 Å². The molecule has 1 saturated carbocycles. The molecule has 1 aliphatic carbocycles. The monoisotopic (exact) mass is 284 g/mol. The summed E-state index contributed by atoms with van der Waals surface area (Å²) in [5.74, 6) is 2.05. The molecule has 18 heavy (non-hydrogen) atoms. The van der Waals surface area contributed by atoms with Gasteiger partial charge in [0.25, 0.3) is 0 Å². The Bertz CT molecular complexity index is 376. The van der Waals surface area contributed by atoms with E-state index in [-0.39, 0.29) is 5.41 Å². The zero-order valence-corrected chi connectivity index (χ0v) is 12.6. The summed E-state index contributed by atoms with van der Waals surface area (Å²) < 4.78 is 0. The van der Waals surface area contributed by atoms with Gasteiger partial charge < -0.3 is 0 Å². The van der Waals surface area contributed by atoms with E-state index in [1.807, 2.05) is 0 Å². The van der Waals surface area contributed by atoms with Crippen molar-refractivity contribution < 1.29 is 0 Å². The Morgan fingerprint density at radius 3 is 2.39 bits per heavy atom. The lowest BCUT2D eigenvalue weighted by Crippen LogP contribution is -2.35. The normalized spacial score (nSPS) is 17.3. The third-order valence-corrected chi connectivity index (χ3v) is 5.46. The van der Waals surface area contributed by atoms with Crippen LogP contribution in [-0.2, 0) is 6.42 Å². The standard InChI is InChI=1S/C16H22Cl2/c1-13-5-4-6-14(9-13)10-16(11-17,12-18)15-7-2-3-8-15/h4-6,9,15H,2-3,7-8,10-12H2,1H3. The summed E-state index contributed by atoms with van der Waals surface area (Å²) in [6.07, 6.45) is 6.30. The van der Waals surface area contributed by atoms with Gasteiger partial charge in [0.05, 0.1) is 0 Å². The largest absolute Gasteiger partial charge is 0.126 e. The SMILES string of the molecule is Cc1cccc(CC(CCl)(CCl)C2CCCC2)c1.